The van der Waals surface area contributed by atoms with E-state index >= 15 is 0 Å². The topological polar surface area (TPSA) is 63.5 Å². The van der Waals surface area contributed by atoms with Crippen molar-refractivity contribution in [1.29, 1.82) is 0 Å². The minimum atomic E-state index is 0.203. The van der Waals surface area contributed by atoms with Crippen molar-refractivity contribution in [2.45, 2.75) is 24.9 Å². The van der Waals surface area contributed by atoms with Crippen molar-refractivity contribution in [2.24, 2.45) is 0 Å². The van der Waals surface area contributed by atoms with E-state index in [-0.39, 0.29) is 5.91 Å². The Balaban J connectivity index is 1.17. The van der Waals surface area contributed by atoms with Crippen LogP contribution in [0.15, 0.2) is 84.0 Å². The fraction of sp³-hybridized carbons (Fsp3) is 0.300. The second-order valence-electron chi connectivity index (χ2n) is 9.18. The monoisotopic (exact) mass is 561 g/mol. The number of benzene rings is 3. The first-order valence-electron chi connectivity index (χ1n) is 13.3. The molecule has 1 aliphatic rings. The molecular formula is C30H32ClN5O2S. The lowest BCUT2D eigenvalue weighted by molar-refractivity contribution is -0.131. The summed E-state index contributed by atoms with van der Waals surface area (Å²) in [5.74, 6) is 2.57. The fourth-order valence-electron chi connectivity index (χ4n) is 4.73. The molecule has 2 heterocycles. The van der Waals surface area contributed by atoms with Gasteiger partial charge in [0.25, 0.3) is 0 Å². The van der Waals surface area contributed by atoms with E-state index in [4.69, 9.17) is 16.3 Å². The van der Waals surface area contributed by atoms with Crippen molar-refractivity contribution in [1.82, 2.24) is 19.7 Å². The van der Waals surface area contributed by atoms with E-state index in [0.29, 0.717) is 23.9 Å². The normalized spacial score (nSPS) is 13.5. The van der Waals surface area contributed by atoms with Crippen molar-refractivity contribution in [3.8, 4) is 22.8 Å². The molecule has 1 aliphatic heterocycles. The molecule has 7 nitrogen and oxygen atoms in total. The van der Waals surface area contributed by atoms with Crippen molar-refractivity contribution in [3.05, 3.63) is 83.9 Å². The third kappa shape index (κ3) is 6.40. The quantitative estimate of drug-likeness (QED) is 0.169. The van der Waals surface area contributed by atoms with Crippen LogP contribution < -0.4 is 9.64 Å². The summed E-state index contributed by atoms with van der Waals surface area (Å²) in [6.07, 6.45) is 1.28. The summed E-state index contributed by atoms with van der Waals surface area (Å²) < 4.78 is 7.83. The molecule has 1 aromatic heterocycles. The second-order valence-corrected chi connectivity index (χ2v) is 10.6. The molecule has 0 atom stereocenters. The van der Waals surface area contributed by atoms with Crippen LogP contribution in [0.5, 0.6) is 5.75 Å². The van der Waals surface area contributed by atoms with Gasteiger partial charge in [0.1, 0.15) is 5.75 Å². The average molecular weight is 562 g/mol. The van der Waals surface area contributed by atoms with Gasteiger partial charge in [-0.05, 0) is 49.7 Å². The third-order valence-corrected chi connectivity index (χ3v) is 8.01. The molecule has 0 saturated carbocycles. The van der Waals surface area contributed by atoms with E-state index in [2.05, 4.69) is 21.2 Å². The number of amides is 1. The maximum absolute atomic E-state index is 13.0. The molecule has 4 aromatic rings. The van der Waals surface area contributed by atoms with Crippen LogP contribution in [-0.2, 0) is 4.79 Å². The predicted molar refractivity (Wildman–Crippen MR) is 158 cm³/mol. The smallest absolute Gasteiger partial charge is 0.222 e. The number of aromatic nitrogens is 3. The Morgan fingerprint density at radius 2 is 1.64 bits per heavy atom. The van der Waals surface area contributed by atoms with Crippen molar-refractivity contribution >= 4 is 35.0 Å². The maximum Gasteiger partial charge on any atom is 0.222 e. The number of rotatable bonds is 10. The van der Waals surface area contributed by atoms with Gasteiger partial charge in [-0.1, -0.05) is 65.8 Å². The molecular weight excluding hydrogens is 530 g/mol. The lowest BCUT2D eigenvalue weighted by Crippen LogP contribution is -2.48. The van der Waals surface area contributed by atoms with Gasteiger partial charge in [0.15, 0.2) is 11.0 Å². The van der Waals surface area contributed by atoms with Gasteiger partial charge in [-0.2, -0.15) is 0 Å². The van der Waals surface area contributed by atoms with Crippen LogP contribution in [0.1, 0.15) is 19.8 Å². The van der Waals surface area contributed by atoms with Gasteiger partial charge in [0.05, 0.1) is 17.3 Å². The first-order valence-corrected chi connectivity index (χ1v) is 14.6. The second kappa shape index (κ2) is 13.0. The van der Waals surface area contributed by atoms with Crippen LogP contribution >= 0.6 is 23.4 Å². The molecule has 0 N–H and O–H groups in total. The number of thioether (sulfide) groups is 1. The number of nitrogens with zero attached hydrogens (tertiary/aromatic N) is 5. The molecule has 0 spiro atoms. The Kier molecular flexibility index (Phi) is 9.06. The lowest BCUT2D eigenvalue weighted by Gasteiger charge is -2.36. The molecule has 9 heteroatoms. The average Bonchev–Trinajstić information content (AvgIpc) is 3.40. The Morgan fingerprint density at radius 3 is 2.41 bits per heavy atom. The number of anilines is 1. The number of ether oxygens (including phenoxy) is 1. The molecule has 1 amide bonds. The Morgan fingerprint density at radius 1 is 0.923 bits per heavy atom. The summed E-state index contributed by atoms with van der Waals surface area (Å²) >= 11 is 8.10. The summed E-state index contributed by atoms with van der Waals surface area (Å²) in [7, 11) is 0. The highest BCUT2D eigenvalue weighted by Gasteiger charge is 2.23. The summed E-state index contributed by atoms with van der Waals surface area (Å²) in [6, 6.07) is 25.8. The van der Waals surface area contributed by atoms with Gasteiger partial charge in [-0.3, -0.25) is 9.36 Å². The highest BCUT2D eigenvalue weighted by Crippen LogP contribution is 2.32. The predicted octanol–water partition coefficient (Wildman–Crippen LogP) is 6.21. The molecule has 39 heavy (non-hydrogen) atoms. The van der Waals surface area contributed by atoms with Crippen LogP contribution in [0.3, 0.4) is 0 Å². The minimum absolute atomic E-state index is 0.203. The Labute approximate surface area is 238 Å². The summed E-state index contributed by atoms with van der Waals surface area (Å²) in [5.41, 5.74) is 2.90. The van der Waals surface area contributed by atoms with Gasteiger partial charge < -0.3 is 14.5 Å². The lowest BCUT2D eigenvalue weighted by atomic mass is 10.2. The number of para-hydroxylation sites is 3. The molecule has 1 saturated heterocycles. The number of carbonyl (C=O) groups excluding carboxylic acids is 1. The van der Waals surface area contributed by atoms with E-state index in [9.17, 15) is 4.79 Å². The molecule has 0 radical (unpaired) electrons. The molecule has 0 unspecified atom stereocenters. The Hall–Kier alpha value is -3.49. The molecule has 5 rings (SSSR count). The molecule has 1 fully saturated rings. The number of hydrogen-bond donors (Lipinski definition) is 0. The van der Waals surface area contributed by atoms with Crippen LogP contribution in [-0.4, -0.2) is 64.1 Å². The number of hydrogen-bond acceptors (Lipinski definition) is 6. The van der Waals surface area contributed by atoms with E-state index < -0.39 is 0 Å². The summed E-state index contributed by atoms with van der Waals surface area (Å²) in [6.45, 7) is 5.67. The zero-order valence-electron chi connectivity index (χ0n) is 22.0. The minimum Gasteiger partial charge on any atom is -0.492 e. The van der Waals surface area contributed by atoms with Crippen LogP contribution in [0.25, 0.3) is 17.1 Å². The van der Waals surface area contributed by atoms with Crippen LogP contribution in [0.4, 0.5) is 5.69 Å². The summed E-state index contributed by atoms with van der Waals surface area (Å²) in [4.78, 5) is 17.2. The van der Waals surface area contributed by atoms with E-state index in [0.717, 1.165) is 66.2 Å². The zero-order chi connectivity index (χ0) is 27.0. The molecule has 0 bridgehead atoms. The SMILES string of the molecule is CCOc1ccccc1N1CCN(C(=O)CCCSc2nnc(-c3ccccc3Cl)n2-c2ccccc2)CC1. The summed E-state index contributed by atoms with van der Waals surface area (Å²) in [5, 5.41) is 10.4. The Bertz CT molecular complexity index is 1390. The van der Waals surface area contributed by atoms with Crippen LogP contribution in [0.2, 0.25) is 5.02 Å². The molecule has 0 aliphatic carbocycles. The standard InChI is InChI=1S/C30H32ClN5O2S/c1-2-38-27-16-9-8-15-26(27)34-18-20-35(21-19-34)28(37)17-10-22-39-30-33-32-29(24-13-6-7-14-25(24)31)36(30)23-11-4-3-5-12-23/h3-9,11-16H,2,10,17-22H2,1H3. The number of halogens is 1. The van der Waals surface area contributed by atoms with Gasteiger partial charge in [-0.25, -0.2) is 0 Å². The largest absolute Gasteiger partial charge is 0.492 e. The maximum atomic E-state index is 13.0. The molecule has 202 valence electrons. The van der Waals surface area contributed by atoms with Crippen molar-refractivity contribution < 1.29 is 9.53 Å². The first kappa shape index (κ1) is 27.1. The van der Waals surface area contributed by atoms with Crippen LogP contribution in [0, 0.1) is 0 Å². The zero-order valence-corrected chi connectivity index (χ0v) is 23.6. The molecule has 3 aromatic carbocycles. The van der Waals surface area contributed by atoms with Crippen molar-refractivity contribution in [3.63, 3.8) is 0 Å². The van der Waals surface area contributed by atoms with Gasteiger partial charge in [0, 0.05) is 49.6 Å². The van der Waals surface area contributed by atoms with Gasteiger partial charge >= 0.3 is 0 Å². The van der Waals surface area contributed by atoms with E-state index in [1.807, 2.05) is 89.2 Å². The van der Waals surface area contributed by atoms with Gasteiger partial charge in [-0.15, -0.1) is 10.2 Å². The highest BCUT2D eigenvalue weighted by atomic mass is 35.5. The number of piperazine rings is 1. The van der Waals surface area contributed by atoms with Gasteiger partial charge in [0.2, 0.25) is 5.91 Å². The van der Waals surface area contributed by atoms with Crippen molar-refractivity contribution in [2.75, 3.05) is 43.4 Å². The fourth-order valence-corrected chi connectivity index (χ4v) is 5.84. The van der Waals surface area contributed by atoms with E-state index in [1.165, 1.54) is 0 Å². The highest BCUT2D eigenvalue weighted by molar-refractivity contribution is 7.99. The third-order valence-electron chi connectivity index (χ3n) is 6.67. The van der Waals surface area contributed by atoms with E-state index in [1.54, 1.807) is 11.8 Å². The first-order chi connectivity index (χ1) is 19.2. The number of carbonyl (C=O) groups is 1.